The Hall–Kier alpha value is -1.40. The van der Waals surface area contributed by atoms with Gasteiger partial charge in [-0.1, -0.05) is 296 Å². The van der Waals surface area contributed by atoms with Crippen LogP contribution in [0.1, 0.15) is 348 Å². The highest BCUT2D eigenvalue weighted by Crippen LogP contribution is 2.18. The summed E-state index contributed by atoms with van der Waals surface area (Å²) in [7, 11) is 0. The molecule has 404 valence electrons. The van der Waals surface area contributed by atoms with Crippen molar-refractivity contribution in [2.75, 3.05) is 13.2 Å². The van der Waals surface area contributed by atoms with Gasteiger partial charge in [0.1, 0.15) is 0 Å². The molecule has 0 aromatic rings. The number of carbonyl (C=O) groups excluding carboxylic acids is 2. The minimum atomic E-state index is -0.675. The van der Waals surface area contributed by atoms with Crippen LogP contribution in [0.2, 0.25) is 0 Å². The van der Waals surface area contributed by atoms with Gasteiger partial charge in [0, 0.05) is 12.8 Å². The second kappa shape index (κ2) is 58.2. The fraction of sp³-hybridized carbons (Fsp3) is 0.935. The third kappa shape index (κ3) is 53.9. The van der Waals surface area contributed by atoms with Crippen molar-refractivity contribution >= 4 is 11.9 Å². The first-order valence-electron chi connectivity index (χ1n) is 30.9. The van der Waals surface area contributed by atoms with E-state index in [2.05, 4.69) is 31.3 Å². The lowest BCUT2D eigenvalue weighted by Crippen LogP contribution is -2.45. The minimum absolute atomic E-state index is 0.000458. The summed E-state index contributed by atoms with van der Waals surface area (Å²) < 4.78 is 5.47. The van der Waals surface area contributed by atoms with Gasteiger partial charge in [0.25, 0.3) is 0 Å². The van der Waals surface area contributed by atoms with Crippen LogP contribution in [0, 0.1) is 0 Å². The number of hydrogen-bond donors (Lipinski definition) is 3. The molecule has 0 spiro atoms. The minimum Gasteiger partial charge on any atom is -0.466 e. The van der Waals surface area contributed by atoms with Crippen LogP contribution in [0.25, 0.3) is 0 Å². The molecule has 0 radical (unpaired) electrons. The van der Waals surface area contributed by atoms with Crippen molar-refractivity contribution in [2.24, 2.45) is 0 Å². The lowest BCUT2D eigenvalue weighted by molar-refractivity contribution is -0.143. The molecule has 0 heterocycles. The van der Waals surface area contributed by atoms with Gasteiger partial charge in [0.2, 0.25) is 5.91 Å². The highest BCUT2D eigenvalue weighted by Gasteiger charge is 2.20. The van der Waals surface area contributed by atoms with Gasteiger partial charge in [0.05, 0.1) is 25.4 Å². The number of esters is 1. The summed E-state index contributed by atoms with van der Waals surface area (Å²) in [6.07, 6.45) is 69.3. The number of nitrogens with one attached hydrogen (secondary N) is 1. The normalized spacial score (nSPS) is 12.6. The number of rotatable bonds is 58. The van der Waals surface area contributed by atoms with Crippen LogP contribution in [0.4, 0.5) is 0 Å². The van der Waals surface area contributed by atoms with E-state index in [9.17, 15) is 19.8 Å². The first kappa shape index (κ1) is 66.6. The molecule has 0 rings (SSSR count). The Balaban J connectivity index is 3.45. The van der Waals surface area contributed by atoms with Crippen molar-refractivity contribution < 1.29 is 24.5 Å². The average Bonchev–Trinajstić information content (AvgIpc) is 3.34. The average molecular weight is 961 g/mol. The predicted molar refractivity (Wildman–Crippen MR) is 297 cm³/mol. The molecule has 2 unspecified atom stereocenters. The first-order valence-corrected chi connectivity index (χ1v) is 30.9. The molecular formula is C62H121NO5. The zero-order valence-corrected chi connectivity index (χ0v) is 46.1. The van der Waals surface area contributed by atoms with E-state index in [4.69, 9.17) is 4.74 Å². The van der Waals surface area contributed by atoms with E-state index in [0.717, 1.165) is 64.2 Å². The predicted octanol–water partition coefficient (Wildman–Crippen LogP) is 19.2. The van der Waals surface area contributed by atoms with Crippen LogP contribution in [-0.2, 0) is 14.3 Å². The van der Waals surface area contributed by atoms with Crippen LogP contribution < -0.4 is 5.32 Å². The van der Waals surface area contributed by atoms with Crippen molar-refractivity contribution in [3.8, 4) is 0 Å². The van der Waals surface area contributed by atoms with Gasteiger partial charge in [-0.05, 0) is 51.4 Å². The van der Waals surface area contributed by atoms with E-state index in [1.54, 1.807) is 0 Å². The molecule has 0 fully saturated rings. The second-order valence-electron chi connectivity index (χ2n) is 21.4. The van der Waals surface area contributed by atoms with Gasteiger partial charge in [0.15, 0.2) is 0 Å². The quantitative estimate of drug-likeness (QED) is 0.0321. The van der Waals surface area contributed by atoms with Gasteiger partial charge in [-0.15, -0.1) is 0 Å². The lowest BCUT2D eigenvalue weighted by atomic mass is 10.0. The summed E-state index contributed by atoms with van der Waals surface area (Å²) in [5.74, 6) is -0.0477. The monoisotopic (exact) mass is 960 g/mol. The molecular weight excluding hydrogens is 839 g/mol. The van der Waals surface area contributed by atoms with Crippen molar-refractivity contribution in [1.82, 2.24) is 5.32 Å². The molecule has 0 aromatic heterocycles. The van der Waals surface area contributed by atoms with Crippen molar-refractivity contribution in [3.05, 3.63) is 12.2 Å². The van der Waals surface area contributed by atoms with Crippen LogP contribution in [-0.4, -0.2) is 47.4 Å². The third-order valence-corrected chi connectivity index (χ3v) is 14.6. The van der Waals surface area contributed by atoms with E-state index >= 15 is 0 Å². The highest BCUT2D eigenvalue weighted by atomic mass is 16.5. The van der Waals surface area contributed by atoms with Gasteiger partial charge in [-0.3, -0.25) is 9.59 Å². The smallest absolute Gasteiger partial charge is 0.305 e. The maximum atomic E-state index is 12.5. The fourth-order valence-corrected chi connectivity index (χ4v) is 9.81. The first-order chi connectivity index (χ1) is 33.5. The Labute approximate surface area is 425 Å². The maximum absolute atomic E-state index is 12.5. The van der Waals surface area contributed by atoms with Gasteiger partial charge >= 0.3 is 5.97 Å². The Kier molecular flexibility index (Phi) is 57.0. The number of carbonyl (C=O) groups is 2. The summed E-state index contributed by atoms with van der Waals surface area (Å²) in [5.41, 5.74) is 0. The molecule has 6 nitrogen and oxygen atoms in total. The van der Waals surface area contributed by atoms with E-state index in [0.29, 0.717) is 25.9 Å². The number of ether oxygens (including phenoxy) is 1. The van der Waals surface area contributed by atoms with Crippen molar-refractivity contribution in [1.29, 1.82) is 0 Å². The number of aliphatic hydroxyl groups is 2. The number of unbranched alkanes of at least 4 members (excludes halogenated alkanes) is 45. The summed E-state index contributed by atoms with van der Waals surface area (Å²) >= 11 is 0. The fourth-order valence-electron chi connectivity index (χ4n) is 9.81. The van der Waals surface area contributed by atoms with E-state index < -0.39 is 12.1 Å². The Morgan fingerprint density at radius 3 is 1.04 bits per heavy atom. The molecule has 1 amide bonds. The number of aliphatic hydroxyl groups excluding tert-OH is 2. The molecule has 0 aliphatic rings. The van der Waals surface area contributed by atoms with E-state index in [1.807, 2.05) is 0 Å². The summed E-state index contributed by atoms with van der Waals surface area (Å²) in [6, 6.07) is -0.554. The second-order valence-corrected chi connectivity index (χ2v) is 21.4. The zero-order chi connectivity index (χ0) is 49.3. The van der Waals surface area contributed by atoms with Gasteiger partial charge < -0.3 is 20.3 Å². The molecule has 0 saturated heterocycles. The molecule has 0 aliphatic carbocycles. The molecule has 68 heavy (non-hydrogen) atoms. The molecule has 2 atom stereocenters. The molecule has 3 N–H and O–H groups in total. The Bertz CT molecular complexity index is 1020. The molecule has 0 aromatic carbocycles. The number of amides is 1. The van der Waals surface area contributed by atoms with Crippen LogP contribution in [0.5, 0.6) is 0 Å². The molecule has 6 heteroatoms. The number of hydrogen-bond acceptors (Lipinski definition) is 5. The third-order valence-electron chi connectivity index (χ3n) is 14.6. The van der Waals surface area contributed by atoms with Crippen LogP contribution in [0.3, 0.4) is 0 Å². The lowest BCUT2D eigenvalue weighted by Gasteiger charge is -2.22. The van der Waals surface area contributed by atoms with Gasteiger partial charge in [-0.25, -0.2) is 0 Å². The van der Waals surface area contributed by atoms with Crippen molar-refractivity contribution in [3.63, 3.8) is 0 Å². The van der Waals surface area contributed by atoms with E-state index in [1.165, 1.54) is 250 Å². The zero-order valence-electron chi connectivity index (χ0n) is 46.1. The Morgan fingerprint density at radius 1 is 0.397 bits per heavy atom. The summed E-state index contributed by atoms with van der Waals surface area (Å²) in [6.45, 7) is 4.96. The molecule has 0 bridgehead atoms. The summed E-state index contributed by atoms with van der Waals surface area (Å²) in [4.78, 5) is 24.6. The van der Waals surface area contributed by atoms with E-state index in [-0.39, 0.29) is 18.5 Å². The molecule has 0 aliphatic heterocycles. The van der Waals surface area contributed by atoms with Gasteiger partial charge in [-0.2, -0.15) is 0 Å². The topological polar surface area (TPSA) is 95.9 Å². The SMILES string of the molecule is CCCCCCCCCCCCCCCCCCCCCCCC(O)C(CO)NC(=O)CCCCCCC/C=C\CCCCCCCCCOC(=O)CCCCCCCCCCCCCCCC. The number of allylic oxidation sites excluding steroid dienone is 2. The largest absolute Gasteiger partial charge is 0.466 e. The van der Waals surface area contributed by atoms with Crippen LogP contribution >= 0.6 is 0 Å². The maximum Gasteiger partial charge on any atom is 0.305 e. The van der Waals surface area contributed by atoms with Crippen molar-refractivity contribution in [2.45, 2.75) is 360 Å². The standard InChI is InChI=1S/C62H121NO5/c1-3-5-7-9-11-13-15-17-19-20-21-22-23-24-27-30-34-38-42-46-50-54-60(65)59(58-64)63-61(66)55-51-47-43-39-35-31-28-25-26-29-33-37-41-45-49-53-57-68-62(67)56-52-48-44-40-36-32-18-16-14-12-10-8-6-4-2/h25,28,59-60,64-65H,3-24,26-27,29-58H2,1-2H3,(H,63,66)/b28-25-. The molecule has 0 saturated carbocycles. The highest BCUT2D eigenvalue weighted by molar-refractivity contribution is 5.76. The Morgan fingerprint density at radius 2 is 0.691 bits per heavy atom. The summed E-state index contributed by atoms with van der Waals surface area (Å²) in [5, 5.41) is 23.3. The van der Waals surface area contributed by atoms with Crippen LogP contribution in [0.15, 0.2) is 12.2 Å².